The zero-order valence-electron chi connectivity index (χ0n) is 13.6. The van der Waals surface area contributed by atoms with E-state index >= 15 is 0 Å². The van der Waals surface area contributed by atoms with Gasteiger partial charge in [-0.2, -0.15) is 0 Å². The number of amides is 2. The number of hydrogen-bond donors (Lipinski definition) is 3. The van der Waals surface area contributed by atoms with Crippen molar-refractivity contribution in [2.75, 3.05) is 19.3 Å². The first-order valence-electron chi connectivity index (χ1n) is 7.29. The summed E-state index contributed by atoms with van der Waals surface area (Å²) in [6.45, 7) is 6.48. The van der Waals surface area contributed by atoms with Gasteiger partial charge in [0.05, 0.1) is 12.3 Å². The van der Waals surface area contributed by atoms with Crippen LogP contribution in [0.4, 0.5) is 4.79 Å². The van der Waals surface area contributed by atoms with E-state index in [0.29, 0.717) is 0 Å². The normalized spacial score (nSPS) is 12.7. The van der Waals surface area contributed by atoms with E-state index in [2.05, 4.69) is 21.4 Å². The van der Waals surface area contributed by atoms with Gasteiger partial charge >= 0.3 is 6.03 Å². The van der Waals surface area contributed by atoms with Crippen LogP contribution in [-0.2, 0) is 10.0 Å². The van der Waals surface area contributed by atoms with Crippen molar-refractivity contribution >= 4 is 16.1 Å². The van der Waals surface area contributed by atoms with Crippen molar-refractivity contribution in [2.24, 2.45) is 0 Å². The van der Waals surface area contributed by atoms with E-state index in [1.54, 1.807) is 0 Å². The molecule has 0 saturated heterocycles. The molecule has 124 valence electrons. The molecule has 1 aromatic rings. The molecule has 1 rings (SSSR count). The van der Waals surface area contributed by atoms with E-state index in [1.165, 1.54) is 5.56 Å². The minimum atomic E-state index is -3.22. The molecule has 0 saturated carbocycles. The van der Waals surface area contributed by atoms with E-state index < -0.39 is 10.0 Å². The molecule has 7 heteroatoms. The number of nitrogens with one attached hydrogen (secondary N) is 3. The average Bonchev–Trinajstić information content (AvgIpc) is 2.40. The van der Waals surface area contributed by atoms with Crippen LogP contribution in [0.25, 0.3) is 0 Å². The van der Waals surface area contributed by atoms with Crippen LogP contribution in [0.3, 0.4) is 0 Å². The van der Waals surface area contributed by atoms with E-state index in [4.69, 9.17) is 0 Å². The number of aryl methyl sites for hydroxylation is 2. The zero-order valence-corrected chi connectivity index (χ0v) is 14.4. The average molecular weight is 327 g/mol. The first-order valence-corrected chi connectivity index (χ1v) is 9.18. The lowest BCUT2D eigenvalue weighted by Crippen LogP contribution is -2.41. The molecule has 0 bridgehead atoms. The second-order valence-electron chi connectivity index (χ2n) is 5.39. The van der Waals surface area contributed by atoms with Crippen LogP contribution in [0.2, 0.25) is 0 Å². The standard InChI is InChI=1S/C15H25N3O3S/c1-5-14(13-7-6-11(2)10-12(13)3)18-15(19)16-8-9-17-22(4,20)21/h6-7,10,14,17H,5,8-9H2,1-4H3,(H2,16,18,19)/t14-/m0/s1. The maximum atomic E-state index is 11.9. The van der Waals surface area contributed by atoms with E-state index in [-0.39, 0.29) is 25.2 Å². The van der Waals surface area contributed by atoms with Crippen LogP contribution in [0, 0.1) is 13.8 Å². The molecule has 3 N–H and O–H groups in total. The second-order valence-corrected chi connectivity index (χ2v) is 7.22. The minimum absolute atomic E-state index is 0.0662. The van der Waals surface area contributed by atoms with Crippen LogP contribution >= 0.6 is 0 Å². The van der Waals surface area contributed by atoms with Crippen LogP contribution in [0.1, 0.15) is 36.1 Å². The van der Waals surface area contributed by atoms with Crippen molar-refractivity contribution < 1.29 is 13.2 Å². The van der Waals surface area contributed by atoms with Crippen LogP contribution < -0.4 is 15.4 Å². The van der Waals surface area contributed by atoms with Gasteiger partial charge in [-0.25, -0.2) is 17.9 Å². The maximum Gasteiger partial charge on any atom is 0.315 e. The number of hydrogen-bond acceptors (Lipinski definition) is 3. The largest absolute Gasteiger partial charge is 0.337 e. The van der Waals surface area contributed by atoms with Gasteiger partial charge in [0.15, 0.2) is 0 Å². The third-order valence-electron chi connectivity index (χ3n) is 3.29. The van der Waals surface area contributed by atoms with Crippen molar-refractivity contribution in [3.05, 3.63) is 34.9 Å². The highest BCUT2D eigenvalue weighted by atomic mass is 32.2. The first-order chi connectivity index (χ1) is 10.2. The highest BCUT2D eigenvalue weighted by Crippen LogP contribution is 2.21. The summed E-state index contributed by atoms with van der Waals surface area (Å²) in [5.41, 5.74) is 3.43. The van der Waals surface area contributed by atoms with Crippen molar-refractivity contribution in [1.29, 1.82) is 0 Å². The Hall–Kier alpha value is -1.60. The lowest BCUT2D eigenvalue weighted by Gasteiger charge is -2.20. The molecule has 6 nitrogen and oxygen atoms in total. The molecule has 0 fully saturated rings. The van der Waals surface area contributed by atoms with E-state index in [0.717, 1.165) is 23.8 Å². The van der Waals surface area contributed by atoms with E-state index in [9.17, 15) is 13.2 Å². The molecule has 2 amide bonds. The van der Waals surface area contributed by atoms with Crippen molar-refractivity contribution in [2.45, 2.75) is 33.2 Å². The van der Waals surface area contributed by atoms with Gasteiger partial charge in [0.1, 0.15) is 0 Å². The van der Waals surface area contributed by atoms with Gasteiger partial charge in [0.25, 0.3) is 0 Å². The fraction of sp³-hybridized carbons (Fsp3) is 0.533. The Morgan fingerprint density at radius 2 is 1.91 bits per heavy atom. The second kappa shape index (κ2) is 8.14. The smallest absolute Gasteiger partial charge is 0.315 e. The summed E-state index contributed by atoms with van der Waals surface area (Å²) in [7, 11) is -3.22. The predicted octanol–water partition coefficient (Wildman–Crippen LogP) is 1.60. The molecule has 0 aromatic heterocycles. The number of urea groups is 1. The Kier molecular flexibility index (Phi) is 6.83. The van der Waals surface area contributed by atoms with Gasteiger partial charge in [-0.1, -0.05) is 30.7 Å². The molecule has 0 spiro atoms. The van der Waals surface area contributed by atoms with Gasteiger partial charge in [0, 0.05) is 13.1 Å². The Bertz CT molecular complexity index is 614. The monoisotopic (exact) mass is 327 g/mol. The third kappa shape index (κ3) is 6.44. The van der Waals surface area contributed by atoms with Gasteiger partial charge in [-0.15, -0.1) is 0 Å². The third-order valence-corrected chi connectivity index (χ3v) is 4.02. The Morgan fingerprint density at radius 1 is 1.23 bits per heavy atom. The summed E-state index contributed by atoms with van der Waals surface area (Å²) in [5, 5.41) is 5.56. The molecular formula is C15H25N3O3S. The van der Waals surface area contributed by atoms with Crippen LogP contribution in [0.15, 0.2) is 18.2 Å². The highest BCUT2D eigenvalue weighted by Gasteiger charge is 2.14. The topological polar surface area (TPSA) is 87.3 Å². The molecule has 0 aliphatic heterocycles. The Balaban J connectivity index is 2.53. The van der Waals surface area contributed by atoms with Gasteiger partial charge in [0.2, 0.25) is 10.0 Å². The fourth-order valence-corrected chi connectivity index (χ4v) is 2.71. The lowest BCUT2D eigenvalue weighted by molar-refractivity contribution is 0.237. The Labute approximate surface area is 132 Å². The van der Waals surface area contributed by atoms with Gasteiger partial charge in [-0.3, -0.25) is 0 Å². The molecule has 0 radical (unpaired) electrons. The zero-order chi connectivity index (χ0) is 16.8. The van der Waals surface area contributed by atoms with Crippen molar-refractivity contribution in [3.8, 4) is 0 Å². The molecule has 1 atom stereocenters. The summed E-state index contributed by atoms with van der Waals surface area (Å²) in [5.74, 6) is 0. The molecule has 0 aliphatic rings. The number of carbonyl (C=O) groups excluding carboxylic acids is 1. The van der Waals surface area contributed by atoms with Crippen LogP contribution in [0.5, 0.6) is 0 Å². The first kappa shape index (κ1) is 18.4. The molecule has 1 aromatic carbocycles. The number of sulfonamides is 1. The van der Waals surface area contributed by atoms with Gasteiger partial charge in [-0.05, 0) is 31.4 Å². The Morgan fingerprint density at radius 3 is 2.45 bits per heavy atom. The molecule has 0 aliphatic carbocycles. The minimum Gasteiger partial charge on any atom is -0.337 e. The fourth-order valence-electron chi connectivity index (χ4n) is 2.24. The predicted molar refractivity (Wildman–Crippen MR) is 88.3 cm³/mol. The number of rotatable bonds is 7. The quantitative estimate of drug-likeness (QED) is 0.665. The maximum absolute atomic E-state index is 11.9. The van der Waals surface area contributed by atoms with Crippen LogP contribution in [-0.4, -0.2) is 33.8 Å². The highest BCUT2D eigenvalue weighted by molar-refractivity contribution is 7.88. The summed E-state index contributed by atoms with van der Waals surface area (Å²) >= 11 is 0. The van der Waals surface area contributed by atoms with Crippen molar-refractivity contribution in [3.63, 3.8) is 0 Å². The summed E-state index contributed by atoms with van der Waals surface area (Å²) in [4.78, 5) is 11.9. The van der Waals surface area contributed by atoms with E-state index in [1.807, 2.05) is 32.9 Å². The summed E-state index contributed by atoms with van der Waals surface area (Å²) in [6.07, 6.45) is 1.86. The lowest BCUT2D eigenvalue weighted by atomic mass is 9.98. The SMILES string of the molecule is CC[C@H](NC(=O)NCCNS(C)(=O)=O)c1ccc(C)cc1C. The molecule has 0 heterocycles. The summed E-state index contributed by atoms with van der Waals surface area (Å²) in [6, 6.07) is 5.78. The molecule has 22 heavy (non-hydrogen) atoms. The van der Waals surface area contributed by atoms with Gasteiger partial charge < -0.3 is 10.6 Å². The molecular weight excluding hydrogens is 302 g/mol. The summed E-state index contributed by atoms with van der Waals surface area (Å²) < 4.78 is 24.1. The van der Waals surface area contributed by atoms with Crippen molar-refractivity contribution in [1.82, 2.24) is 15.4 Å². The number of benzene rings is 1. The number of carbonyl (C=O) groups is 1. The molecule has 0 unspecified atom stereocenters.